The number of halogens is 1. The molecule has 0 bridgehead atoms. The van der Waals surface area contributed by atoms with Crippen molar-refractivity contribution in [1.82, 2.24) is 5.32 Å². The highest BCUT2D eigenvalue weighted by Crippen LogP contribution is 1.68. The van der Waals surface area contributed by atoms with Gasteiger partial charge in [-0.1, -0.05) is 0 Å². The van der Waals surface area contributed by atoms with Gasteiger partial charge in [0.1, 0.15) is 0 Å². The van der Waals surface area contributed by atoms with Crippen LogP contribution in [0.3, 0.4) is 0 Å². The fraction of sp³-hybridized carbons (Fsp3) is 0.750. The normalized spacial score (nSPS) is 9.10. The van der Waals surface area contributed by atoms with E-state index in [0.717, 1.165) is 0 Å². The maximum absolute atomic E-state index is 9.76. The van der Waals surface area contributed by atoms with E-state index in [4.69, 9.17) is 15.3 Å². The second kappa shape index (κ2) is 6.76. The van der Waals surface area contributed by atoms with E-state index >= 15 is 0 Å². The van der Waals surface area contributed by atoms with Crippen molar-refractivity contribution in [1.29, 1.82) is 0 Å². The maximum Gasteiger partial charge on any atom is 0.317 e. The molecule has 5 nitrogen and oxygen atoms in total. The molecule has 0 aliphatic carbocycles. The second-order valence-corrected chi connectivity index (χ2v) is 1.51. The molecule has 0 heterocycles. The molecule has 62 valence electrons. The summed E-state index contributed by atoms with van der Waals surface area (Å²) in [5.74, 6) is -1.02. The van der Waals surface area contributed by atoms with E-state index < -0.39 is 12.3 Å². The molecule has 0 fully saturated rings. The molecule has 0 radical (unpaired) electrons. The summed E-state index contributed by atoms with van der Waals surface area (Å²) in [5.41, 5.74) is 0. The Kier molecular flexibility index (Phi) is 8.33. The first kappa shape index (κ1) is 12.3. The van der Waals surface area contributed by atoms with Gasteiger partial charge in [-0.05, 0) is 0 Å². The van der Waals surface area contributed by atoms with Crippen LogP contribution in [0.15, 0.2) is 0 Å². The lowest BCUT2D eigenvalue weighted by Crippen LogP contribution is -2.30. The number of carboxylic acid groups (broad SMARTS) is 1. The molecular weight excluding hydrogens is 162 g/mol. The number of hydrogen-bond donors (Lipinski definition) is 4. The number of carbonyl (C=O) groups is 1. The molecule has 6 heteroatoms. The van der Waals surface area contributed by atoms with E-state index in [-0.39, 0.29) is 25.5 Å². The lowest BCUT2D eigenvalue weighted by Gasteiger charge is -2.01. The molecule has 0 aromatic rings. The van der Waals surface area contributed by atoms with Crippen LogP contribution in [0.1, 0.15) is 0 Å². The zero-order valence-corrected chi connectivity index (χ0v) is 5.97. The first-order chi connectivity index (χ1) is 4.13. The first-order valence-electron chi connectivity index (χ1n) is 2.41. The van der Waals surface area contributed by atoms with Crippen LogP contribution in [0.2, 0.25) is 0 Å². The standard InChI is InChI=1S/C4H9NO4.ClH/c6-3(7)1-5-2-4(8)9;/h3,5-7H,1-2H2,(H,8,9);1H. The average Bonchev–Trinajstić information content (AvgIpc) is 1.63. The molecule has 0 rings (SSSR count). The van der Waals surface area contributed by atoms with Crippen molar-refractivity contribution in [3.05, 3.63) is 0 Å². The smallest absolute Gasteiger partial charge is 0.317 e. The topological polar surface area (TPSA) is 89.8 Å². The lowest BCUT2D eigenvalue weighted by atomic mass is 10.6. The minimum absolute atomic E-state index is 0. The number of carboxylic acids is 1. The van der Waals surface area contributed by atoms with Gasteiger partial charge in [-0.25, -0.2) is 0 Å². The highest BCUT2D eigenvalue weighted by atomic mass is 35.5. The van der Waals surface area contributed by atoms with E-state index in [9.17, 15) is 4.79 Å². The highest BCUT2D eigenvalue weighted by molar-refractivity contribution is 5.85. The van der Waals surface area contributed by atoms with Crippen molar-refractivity contribution >= 4 is 18.4 Å². The SMILES string of the molecule is Cl.O=C(O)CNCC(O)O. The van der Waals surface area contributed by atoms with Crippen LogP contribution in [0.4, 0.5) is 0 Å². The Morgan fingerprint density at radius 2 is 2.00 bits per heavy atom. The van der Waals surface area contributed by atoms with Crippen molar-refractivity contribution in [3.63, 3.8) is 0 Å². The van der Waals surface area contributed by atoms with Crippen molar-refractivity contribution in [3.8, 4) is 0 Å². The minimum atomic E-state index is -1.48. The number of rotatable bonds is 4. The number of nitrogens with one attached hydrogen (secondary N) is 1. The summed E-state index contributed by atoms with van der Waals surface area (Å²) < 4.78 is 0. The third kappa shape index (κ3) is 10.6. The van der Waals surface area contributed by atoms with Crippen LogP contribution < -0.4 is 5.32 Å². The van der Waals surface area contributed by atoms with E-state index in [0.29, 0.717) is 0 Å². The predicted octanol–water partition coefficient (Wildman–Crippen LogP) is -1.61. The summed E-state index contributed by atoms with van der Waals surface area (Å²) in [6, 6.07) is 0. The van der Waals surface area contributed by atoms with E-state index in [2.05, 4.69) is 5.32 Å². The summed E-state index contributed by atoms with van der Waals surface area (Å²) in [7, 11) is 0. The van der Waals surface area contributed by atoms with Gasteiger partial charge in [0.2, 0.25) is 0 Å². The molecule has 10 heavy (non-hydrogen) atoms. The van der Waals surface area contributed by atoms with Crippen molar-refractivity contribution in [2.45, 2.75) is 6.29 Å². The van der Waals surface area contributed by atoms with Gasteiger partial charge >= 0.3 is 5.97 Å². The van der Waals surface area contributed by atoms with Gasteiger partial charge in [-0.2, -0.15) is 0 Å². The van der Waals surface area contributed by atoms with Crippen LogP contribution >= 0.6 is 12.4 Å². The van der Waals surface area contributed by atoms with Crippen molar-refractivity contribution < 1.29 is 20.1 Å². The minimum Gasteiger partial charge on any atom is -0.480 e. The van der Waals surface area contributed by atoms with Gasteiger partial charge in [0.25, 0.3) is 0 Å². The zero-order chi connectivity index (χ0) is 7.28. The number of aliphatic hydroxyl groups is 2. The molecule has 0 unspecified atom stereocenters. The molecule has 0 aromatic heterocycles. The summed E-state index contributed by atoms with van der Waals surface area (Å²) in [6.45, 7) is -0.371. The quantitative estimate of drug-likeness (QED) is 0.383. The Bertz CT molecular complexity index is 97.3. The molecule has 0 atom stereocenters. The van der Waals surface area contributed by atoms with Crippen LogP contribution in [-0.4, -0.2) is 40.7 Å². The van der Waals surface area contributed by atoms with Gasteiger partial charge in [0.05, 0.1) is 6.54 Å². The summed E-state index contributed by atoms with van der Waals surface area (Å²) in [6.07, 6.45) is -1.48. The average molecular weight is 172 g/mol. The number of aliphatic hydroxyl groups excluding tert-OH is 1. The van der Waals surface area contributed by atoms with E-state index in [1.165, 1.54) is 0 Å². The molecule has 0 aliphatic heterocycles. The number of aliphatic carboxylic acids is 1. The molecule has 0 aromatic carbocycles. The third-order valence-corrected chi connectivity index (χ3v) is 0.603. The van der Waals surface area contributed by atoms with Crippen LogP contribution in [0.25, 0.3) is 0 Å². The van der Waals surface area contributed by atoms with Crippen molar-refractivity contribution in [2.24, 2.45) is 0 Å². The largest absolute Gasteiger partial charge is 0.480 e. The molecule has 0 amide bonds. The predicted molar refractivity (Wildman–Crippen MR) is 36.0 cm³/mol. The maximum atomic E-state index is 9.76. The van der Waals surface area contributed by atoms with Gasteiger partial charge in [-0.15, -0.1) is 12.4 Å². The van der Waals surface area contributed by atoms with Gasteiger partial charge in [0, 0.05) is 6.54 Å². The Labute approximate surface area is 64.1 Å². The first-order valence-corrected chi connectivity index (χ1v) is 2.41. The van der Waals surface area contributed by atoms with Gasteiger partial charge in [0.15, 0.2) is 6.29 Å². The van der Waals surface area contributed by atoms with Gasteiger partial charge in [-0.3, -0.25) is 4.79 Å². The van der Waals surface area contributed by atoms with Crippen LogP contribution in [0, 0.1) is 0 Å². The summed E-state index contributed by atoms with van der Waals surface area (Å²) >= 11 is 0. The van der Waals surface area contributed by atoms with E-state index in [1.807, 2.05) is 0 Å². The Morgan fingerprint density at radius 1 is 1.50 bits per heavy atom. The zero-order valence-electron chi connectivity index (χ0n) is 5.15. The lowest BCUT2D eigenvalue weighted by molar-refractivity contribution is -0.136. The summed E-state index contributed by atoms with van der Waals surface area (Å²) in [5, 5.41) is 26.6. The van der Waals surface area contributed by atoms with Gasteiger partial charge < -0.3 is 20.6 Å². The Balaban J connectivity index is 0. The number of hydrogen-bond acceptors (Lipinski definition) is 4. The van der Waals surface area contributed by atoms with Crippen LogP contribution in [-0.2, 0) is 4.79 Å². The molecule has 0 saturated carbocycles. The summed E-state index contributed by atoms with van der Waals surface area (Å²) in [4.78, 5) is 9.76. The Morgan fingerprint density at radius 3 is 2.30 bits per heavy atom. The molecule has 0 spiro atoms. The molecule has 0 aliphatic rings. The van der Waals surface area contributed by atoms with Crippen LogP contribution in [0.5, 0.6) is 0 Å². The van der Waals surface area contributed by atoms with Crippen molar-refractivity contribution in [2.75, 3.05) is 13.1 Å². The second-order valence-electron chi connectivity index (χ2n) is 1.51. The molecule has 0 saturated heterocycles. The Hall–Kier alpha value is -0.360. The fourth-order valence-corrected chi connectivity index (χ4v) is 0.308. The monoisotopic (exact) mass is 171 g/mol. The highest BCUT2D eigenvalue weighted by Gasteiger charge is 1.97. The van der Waals surface area contributed by atoms with E-state index in [1.54, 1.807) is 0 Å². The molecular formula is C4H10ClNO4. The third-order valence-electron chi connectivity index (χ3n) is 0.603. The molecule has 4 N–H and O–H groups in total. The fourth-order valence-electron chi connectivity index (χ4n) is 0.308.